The van der Waals surface area contributed by atoms with Gasteiger partial charge < -0.3 is 5.32 Å². The summed E-state index contributed by atoms with van der Waals surface area (Å²) in [5.74, 6) is 0.255. The van der Waals surface area contributed by atoms with Crippen molar-refractivity contribution < 1.29 is 8.42 Å². The number of hydrogen-bond acceptors (Lipinski definition) is 4. The van der Waals surface area contributed by atoms with E-state index < -0.39 is 10.0 Å². The third kappa shape index (κ3) is 4.85. The molecule has 1 aromatic heterocycles. The molecule has 0 spiro atoms. The predicted molar refractivity (Wildman–Crippen MR) is 120 cm³/mol. The van der Waals surface area contributed by atoms with Gasteiger partial charge in [0.2, 0.25) is 10.0 Å². The molecule has 5 nitrogen and oxygen atoms in total. The second-order valence-corrected chi connectivity index (χ2v) is 9.69. The summed E-state index contributed by atoms with van der Waals surface area (Å²) < 4.78 is 27.9. The lowest BCUT2D eigenvalue weighted by molar-refractivity contribution is 0.238. The maximum atomic E-state index is 12.6. The van der Waals surface area contributed by atoms with E-state index in [9.17, 15) is 8.42 Å². The topological polar surface area (TPSA) is 71.1 Å². The molecule has 2 N–H and O–H groups in total. The lowest BCUT2D eigenvalue weighted by Crippen LogP contribution is -2.51. The molecule has 0 bridgehead atoms. The summed E-state index contributed by atoms with van der Waals surface area (Å²) in [6.07, 6.45) is 8.63. The Morgan fingerprint density at radius 3 is 2.69 bits per heavy atom. The summed E-state index contributed by atoms with van der Waals surface area (Å²) in [5.41, 5.74) is 0.831. The molecule has 1 aromatic carbocycles. The van der Waals surface area contributed by atoms with Crippen LogP contribution in [0.15, 0.2) is 59.8 Å². The molecule has 1 fully saturated rings. The molecule has 2 aromatic rings. The zero-order valence-corrected chi connectivity index (χ0v) is 18.4. The van der Waals surface area contributed by atoms with Crippen molar-refractivity contribution in [2.24, 2.45) is 5.92 Å². The SMILES string of the molecule is CCNC(=S)[C@]1(c2cccnc2)CCCC[C@H]1CCNS(=O)(=O)c1ccccc1. The Morgan fingerprint density at radius 1 is 1.21 bits per heavy atom. The van der Waals surface area contributed by atoms with E-state index in [2.05, 4.69) is 28.0 Å². The summed E-state index contributed by atoms with van der Waals surface area (Å²) in [5, 5.41) is 3.38. The Bertz CT molecular complexity index is 904. The van der Waals surface area contributed by atoms with E-state index in [0.29, 0.717) is 11.4 Å². The lowest BCUT2D eigenvalue weighted by Gasteiger charge is -2.45. The van der Waals surface area contributed by atoms with Gasteiger partial charge in [0.25, 0.3) is 0 Å². The van der Waals surface area contributed by atoms with Crippen molar-refractivity contribution in [2.75, 3.05) is 13.1 Å². The number of aromatic nitrogens is 1. The molecule has 1 aliphatic rings. The third-order valence-corrected chi connectivity index (χ3v) is 7.81. The number of likely N-dealkylation sites (N-methyl/N-ethyl adjacent to an activating group) is 1. The fourth-order valence-corrected chi connectivity index (χ4v) is 6.04. The Balaban J connectivity index is 1.81. The van der Waals surface area contributed by atoms with Crippen LogP contribution in [-0.4, -0.2) is 31.5 Å². The molecule has 0 aliphatic heterocycles. The monoisotopic (exact) mass is 431 g/mol. The lowest BCUT2D eigenvalue weighted by atomic mass is 9.61. The largest absolute Gasteiger partial charge is 0.379 e. The molecule has 156 valence electrons. The van der Waals surface area contributed by atoms with Gasteiger partial charge >= 0.3 is 0 Å². The van der Waals surface area contributed by atoms with Crippen LogP contribution in [0.4, 0.5) is 0 Å². The van der Waals surface area contributed by atoms with Gasteiger partial charge in [-0.3, -0.25) is 4.98 Å². The maximum absolute atomic E-state index is 12.6. The molecular weight excluding hydrogens is 402 g/mol. The molecule has 0 unspecified atom stereocenters. The van der Waals surface area contributed by atoms with Gasteiger partial charge in [0.15, 0.2) is 0 Å². The van der Waals surface area contributed by atoms with E-state index in [4.69, 9.17) is 12.2 Å². The number of benzene rings is 1. The number of pyridine rings is 1. The number of nitrogens with zero attached hydrogens (tertiary/aromatic N) is 1. The molecule has 29 heavy (non-hydrogen) atoms. The highest BCUT2D eigenvalue weighted by Gasteiger charge is 2.45. The minimum atomic E-state index is -3.50. The van der Waals surface area contributed by atoms with Crippen LogP contribution in [0.2, 0.25) is 0 Å². The molecular formula is C22H29N3O2S2. The van der Waals surface area contributed by atoms with Gasteiger partial charge in [-0.15, -0.1) is 0 Å². The number of thiocarbonyl (C=S) groups is 1. The molecule has 3 rings (SSSR count). The van der Waals surface area contributed by atoms with Crippen molar-refractivity contribution >= 4 is 27.2 Å². The van der Waals surface area contributed by atoms with Crippen LogP contribution in [0.25, 0.3) is 0 Å². The summed E-state index contributed by atoms with van der Waals surface area (Å²) in [4.78, 5) is 5.49. The Hall–Kier alpha value is -1.83. The van der Waals surface area contributed by atoms with Crippen molar-refractivity contribution in [3.8, 4) is 0 Å². The van der Waals surface area contributed by atoms with Gasteiger partial charge in [0.05, 0.1) is 9.88 Å². The summed E-state index contributed by atoms with van der Waals surface area (Å²) in [6, 6.07) is 12.6. The predicted octanol–water partition coefficient (Wildman–Crippen LogP) is 3.82. The van der Waals surface area contributed by atoms with Crippen molar-refractivity contribution in [1.82, 2.24) is 15.0 Å². The van der Waals surface area contributed by atoms with Gasteiger partial charge in [-0.2, -0.15) is 0 Å². The number of rotatable bonds is 8. The van der Waals surface area contributed by atoms with Crippen molar-refractivity contribution in [2.45, 2.75) is 49.3 Å². The van der Waals surface area contributed by atoms with Crippen molar-refractivity contribution in [1.29, 1.82) is 0 Å². The first-order chi connectivity index (χ1) is 14.0. The summed E-state index contributed by atoms with van der Waals surface area (Å²) in [7, 11) is -3.50. The Morgan fingerprint density at radius 2 is 2.00 bits per heavy atom. The average molecular weight is 432 g/mol. The highest BCUT2D eigenvalue weighted by Crippen LogP contribution is 2.46. The van der Waals surface area contributed by atoms with Crippen molar-refractivity contribution in [3.63, 3.8) is 0 Å². The van der Waals surface area contributed by atoms with Crippen LogP contribution in [0.3, 0.4) is 0 Å². The molecule has 1 aliphatic carbocycles. The zero-order valence-electron chi connectivity index (χ0n) is 16.8. The van der Waals surface area contributed by atoms with E-state index in [1.165, 1.54) is 0 Å². The van der Waals surface area contributed by atoms with E-state index in [1.807, 2.05) is 18.3 Å². The summed E-state index contributed by atoms with van der Waals surface area (Å²) in [6.45, 7) is 3.21. The standard InChI is InChI=1S/C22H29N3O2S2/c1-2-24-21(28)22(19-10-8-15-23-17-19)14-7-6-9-18(22)13-16-25-29(26,27)20-11-4-3-5-12-20/h3-5,8,10-12,15,17-18,25H,2,6-7,9,13-14,16H2,1H3,(H,24,28)/t18-,22+/m0/s1. The molecule has 1 saturated carbocycles. The highest BCUT2D eigenvalue weighted by atomic mass is 32.2. The van der Waals surface area contributed by atoms with Gasteiger partial charge in [0, 0.05) is 30.9 Å². The smallest absolute Gasteiger partial charge is 0.240 e. The highest BCUT2D eigenvalue weighted by molar-refractivity contribution is 7.89. The van der Waals surface area contributed by atoms with Crippen LogP contribution in [0.1, 0.15) is 44.6 Å². The fraction of sp³-hybridized carbons (Fsp3) is 0.455. The minimum absolute atomic E-state index is 0.255. The van der Waals surface area contributed by atoms with Gasteiger partial charge in [0.1, 0.15) is 0 Å². The fourth-order valence-electron chi connectivity index (χ4n) is 4.44. The van der Waals surface area contributed by atoms with Crippen LogP contribution in [0.5, 0.6) is 0 Å². The van der Waals surface area contributed by atoms with Crippen molar-refractivity contribution in [3.05, 3.63) is 60.4 Å². The molecule has 0 amide bonds. The number of nitrogens with one attached hydrogen (secondary N) is 2. The van der Waals surface area contributed by atoms with E-state index in [0.717, 1.165) is 49.2 Å². The van der Waals surface area contributed by atoms with Gasteiger partial charge in [-0.1, -0.05) is 49.3 Å². The van der Waals surface area contributed by atoms with E-state index in [-0.39, 0.29) is 11.3 Å². The Kier molecular flexibility index (Phi) is 7.38. The minimum Gasteiger partial charge on any atom is -0.379 e. The first-order valence-corrected chi connectivity index (χ1v) is 12.1. The first-order valence-electron chi connectivity index (χ1n) is 10.2. The molecule has 0 saturated heterocycles. The van der Waals surface area contributed by atoms with Crippen LogP contribution >= 0.6 is 12.2 Å². The third-order valence-electron chi connectivity index (χ3n) is 5.83. The average Bonchev–Trinajstić information content (AvgIpc) is 2.75. The molecule has 0 radical (unpaired) electrons. The first kappa shape index (κ1) is 21.9. The second-order valence-electron chi connectivity index (χ2n) is 7.51. The van der Waals surface area contributed by atoms with E-state index >= 15 is 0 Å². The zero-order chi connectivity index (χ0) is 20.7. The molecule has 2 atom stereocenters. The maximum Gasteiger partial charge on any atom is 0.240 e. The van der Waals surface area contributed by atoms with Gasteiger partial charge in [-0.05, 0) is 55.9 Å². The van der Waals surface area contributed by atoms with E-state index in [1.54, 1.807) is 30.5 Å². The van der Waals surface area contributed by atoms with Crippen LogP contribution in [-0.2, 0) is 15.4 Å². The normalized spacial score (nSPS) is 22.2. The second kappa shape index (κ2) is 9.78. The van der Waals surface area contributed by atoms with Crippen LogP contribution in [0, 0.1) is 5.92 Å². The van der Waals surface area contributed by atoms with Gasteiger partial charge in [-0.25, -0.2) is 13.1 Å². The van der Waals surface area contributed by atoms with Crippen LogP contribution < -0.4 is 10.0 Å². The number of sulfonamides is 1. The Labute approximate surface area is 179 Å². The molecule has 7 heteroatoms. The molecule has 1 heterocycles. The summed E-state index contributed by atoms with van der Waals surface area (Å²) >= 11 is 5.87. The quantitative estimate of drug-likeness (QED) is 0.622. The number of hydrogen-bond donors (Lipinski definition) is 2.